The number of benzene rings is 1. The van der Waals surface area contributed by atoms with Gasteiger partial charge in [0, 0.05) is 5.69 Å². The van der Waals surface area contributed by atoms with Crippen LogP contribution in [0.2, 0.25) is 0 Å². The van der Waals surface area contributed by atoms with Crippen molar-refractivity contribution in [2.75, 3.05) is 11.3 Å². The molecule has 0 amide bonds. The fraction of sp³-hybridized carbons (Fsp3) is 0.0769. The maximum Gasteiger partial charge on any atom is 0.271 e. The second-order valence-electron chi connectivity index (χ2n) is 3.66. The van der Waals surface area contributed by atoms with Gasteiger partial charge in [-0.3, -0.25) is 4.72 Å². The van der Waals surface area contributed by atoms with E-state index in [9.17, 15) is 8.42 Å². The molecule has 0 fully saturated rings. The Morgan fingerprint density at radius 1 is 1.26 bits per heavy atom. The summed E-state index contributed by atoms with van der Waals surface area (Å²) in [5.74, 6) is 0.666. The monoisotopic (exact) mass is 295 g/mol. The number of hydrogen-bond acceptors (Lipinski definition) is 4. The number of ether oxygens (including phenoxy) is 1. The highest BCUT2D eigenvalue weighted by atomic mass is 32.2. The molecule has 1 heterocycles. The van der Waals surface area contributed by atoms with E-state index in [-0.39, 0.29) is 0 Å². The SMILES string of the molecule is C=CCOc1ccc(NS(=O)(=O)c2cccs2)cc1. The maximum absolute atomic E-state index is 12.0. The zero-order chi connectivity index (χ0) is 13.7. The van der Waals surface area contributed by atoms with Crippen molar-refractivity contribution in [1.29, 1.82) is 0 Å². The lowest BCUT2D eigenvalue weighted by Gasteiger charge is -2.07. The summed E-state index contributed by atoms with van der Waals surface area (Å²) in [4.78, 5) is 0. The van der Waals surface area contributed by atoms with Crippen LogP contribution in [0.25, 0.3) is 0 Å². The summed E-state index contributed by atoms with van der Waals surface area (Å²) in [6, 6.07) is 9.98. The molecular weight excluding hydrogens is 282 g/mol. The van der Waals surface area contributed by atoms with Crippen molar-refractivity contribution in [1.82, 2.24) is 0 Å². The van der Waals surface area contributed by atoms with Gasteiger partial charge in [-0.25, -0.2) is 8.42 Å². The van der Waals surface area contributed by atoms with E-state index in [0.717, 1.165) is 0 Å². The largest absolute Gasteiger partial charge is 0.490 e. The van der Waals surface area contributed by atoms with Crippen LogP contribution in [0.1, 0.15) is 0 Å². The molecule has 1 N–H and O–H groups in total. The molecule has 6 heteroatoms. The Morgan fingerprint density at radius 3 is 2.58 bits per heavy atom. The first-order valence-electron chi connectivity index (χ1n) is 5.52. The molecule has 1 aromatic heterocycles. The zero-order valence-electron chi connectivity index (χ0n) is 10.1. The van der Waals surface area contributed by atoms with Gasteiger partial charge >= 0.3 is 0 Å². The van der Waals surface area contributed by atoms with Crippen molar-refractivity contribution in [3.63, 3.8) is 0 Å². The van der Waals surface area contributed by atoms with Crippen molar-refractivity contribution < 1.29 is 13.2 Å². The predicted octanol–water partition coefficient (Wildman–Crippen LogP) is 3.11. The lowest BCUT2D eigenvalue weighted by Crippen LogP contribution is -2.11. The molecule has 0 unspecified atom stereocenters. The summed E-state index contributed by atoms with van der Waals surface area (Å²) in [5.41, 5.74) is 0.499. The lowest BCUT2D eigenvalue weighted by atomic mass is 10.3. The Morgan fingerprint density at radius 2 is 2.00 bits per heavy atom. The zero-order valence-corrected chi connectivity index (χ0v) is 11.7. The standard InChI is InChI=1S/C13H13NO3S2/c1-2-9-17-12-7-5-11(6-8-12)14-19(15,16)13-4-3-10-18-13/h2-8,10,14H,1,9H2. The van der Waals surface area contributed by atoms with E-state index in [2.05, 4.69) is 11.3 Å². The summed E-state index contributed by atoms with van der Waals surface area (Å²) in [7, 11) is -3.49. The summed E-state index contributed by atoms with van der Waals surface area (Å²) in [6.45, 7) is 3.97. The quantitative estimate of drug-likeness (QED) is 0.833. The number of anilines is 1. The van der Waals surface area contributed by atoms with E-state index in [1.165, 1.54) is 11.3 Å². The third kappa shape index (κ3) is 3.59. The highest BCUT2D eigenvalue weighted by Crippen LogP contribution is 2.21. The Labute approximate surface area is 116 Å². The summed E-state index contributed by atoms with van der Waals surface area (Å²) in [5, 5.41) is 1.72. The van der Waals surface area contributed by atoms with Gasteiger partial charge < -0.3 is 4.74 Å². The van der Waals surface area contributed by atoms with Crippen LogP contribution in [0.15, 0.2) is 58.6 Å². The molecule has 2 rings (SSSR count). The van der Waals surface area contributed by atoms with E-state index in [0.29, 0.717) is 22.3 Å². The minimum atomic E-state index is -3.49. The highest BCUT2D eigenvalue weighted by molar-refractivity contribution is 7.94. The molecule has 0 aliphatic carbocycles. The molecule has 0 atom stereocenters. The molecule has 0 radical (unpaired) electrons. The third-order valence-corrected chi connectivity index (χ3v) is 5.01. The molecule has 100 valence electrons. The number of rotatable bonds is 6. The maximum atomic E-state index is 12.0. The van der Waals surface area contributed by atoms with Gasteiger partial charge in [0.05, 0.1) is 0 Å². The number of thiophene rings is 1. The van der Waals surface area contributed by atoms with Crippen LogP contribution >= 0.6 is 11.3 Å². The minimum absolute atomic E-state index is 0.291. The molecule has 2 aromatic rings. The van der Waals surface area contributed by atoms with E-state index >= 15 is 0 Å². The average Bonchev–Trinajstić information content (AvgIpc) is 2.92. The van der Waals surface area contributed by atoms with Crippen LogP contribution in [-0.2, 0) is 10.0 Å². The first-order chi connectivity index (χ1) is 9.12. The molecule has 0 bridgehead atoms. The number of sulfonamides is 1. The smallest absolute Gasteiger partial charge is 0.271 e. The van der Waals surface area contributed by atoms with Gasteiger partial charge in [-0.2, -0.15) is 0 Å². The molecule has 19 heavy (non-hydrogen) atoms. The summed E-state index contributed by atoms with van der Waals surface area (Å²) >= 11 is 1.18. The van der Waals surface area contributed by atoms with Crippen LogP contribution in [0, 0.1) is 0 Å². The van der Waals surface area contributed by atoms with Crippen molar-refractivity contribution in [2.45, 2.75) is 4.21 Å². The van der Waals surface area contributed by atoms with Gasteiger partial charge in [0.15, 0.2) is 0 Å². The molecule has 0 saturated heterocycles. The van der Waals surface area contributed by atoms with E-state index in [4.69, 9.17) is 4.74 Å². The summed E-state index contributed by atoms with van der Waals surface area (Å²) < 4.78 is 32.1. The fourth-order valence-electron chi connectivity index (χ4n) is 1.40. The van der Waals surface area contributed by atoms with Crippen LogP contribution < -0.4 is 9.46 Å². The van der Waals surface area contributed by atoms with Crippen molar-refractivity contribution >= 4 is 27.0 Å². The Kier molecular flexibility index (Phi) is 4.24. The topological polar surface area (TPSA) is 55.4 Å². The third-order valence-electron chi connectivity index (χ3n) is 2.23. The van der Waals surface area contributed by atoms with Crippen LogP contribution in [0.5, 0.6) is 5.75 Å². The van der Waals surface area contributed by atoms with Gasteiger partial charge in [-0.15, -0.1) is 11.3 Å². The molecule has 0 aliphatic heterocycles. The summed E-state index contributed by atoms with van der Waals surface area (Å²) in [6.07, 6.45) is 1.65. The number of nitrogens with one attached hydrogen (secondary N) is 1. The molecule has 4 nitrogen and oxygen atoms in total. The second-order valence-corrected chi connectivity index (χ2v) is 6.52. The second kappa shape index (κ2) is 5.90. The Balaban J connectivity index is 2.09. The van der Waals surface area contributed by atoms with E-state index < -0.39 is 10.0 Å². The van der Waals surface area contributed by atoms with E-state index in [1.807, 2.05) is 0 Å². The molecule has 1 aromatic carbocycles. The average molecular weight is 295 g/mol. The van der Waals surface area contributed by atoms with Crippen LogP contribution in [0.4, 0.5) is 5.69 Å². The Bertz CT molecular complexity index is 631. The van der Waals surface area contributed by atoms with Crippen molar-refractivity contribution in [3.8, 4) is 5.75 Å². The van der Waals surface area contributed by atoms with Gasteiger partial charge in [0.1, 0.15) is 16.6 Å². The van der Waals surface area contributed by atoms with Crippen LogP contribution in [-0.4, -0.2) is 15.0 Å². The van der Waals surface area contributed by atoms with Gasteiger partial charge in [-0.1, -0.05) is 18.7 Å². The normalized spacial score (nSPS) is 10.9. The van der Waals surface area contributed by atoms with Crippen LogP contribution in [0.3, 0.4) is 0 Å². The number of hydrogen-bond donors (Lipinski definition) is 1. The molecule has 0 aliphatic rings. The lowest BCUT2D eigenvalue weighted by molar-refractivity contribution is 0.363. The Hall–Kier alpha value is -1.79. The first kappa shape index (κ1) is 13.6. The predicted molar refractivity (Wildman–Crippen MR) is 77.3 cm³/mol. The van der Waals surface area contributed by atoms with Crippen molar-refractivity contribution in [2.24, 2.45) is 0 Å². The molecule has 0 spiro atoms. The molecular formula is C13H13NO3S2. The van der Waals surface area contributed by atoms with Crippen molar-refractivity contribution in [3.05, 3.63) is 54.4 Å². The van der Waals surface area contributed by atoms with E-state index in [1.54, 1.807) is 47.9 Å². The molecule has 0 saturated carbocycles. The van der Waals surface area contributed by atoms with Gasteiger partial charge in [0.2, 0.25) is 0 Å². The highest BCUT2D eigenvalue weighted by Gasteiger charge is 2.14. The van der Waals surface area contributed by atoms with Gasteiger partial charge in [0.25, 0.3) is 10.0 Å². The fourth-order valence-corrected chi connectivity index (χ4v) is 3.45. The first-order valence-corrected chi connectivity index (χ1v) is 7.88. The van der Waals surface area contributed by atoms with Gasteiger partial charge in [-0.05, 0) is 35.7 Å². The minimum Gasteiger partial charge on any atom is -0.490 e.